The zero-order valence-electron chi connectivity index (χ0n) is 14.3. The summed E-state index contributed by atoms with van der Waals surface area (Å²) in [5.74, 6) is -0.205. The van der Waals surface area contributed by atoms with E-state index in [-0.39, 0.29) is 23.2 Å². The zero-order chi connectivity index (χ0) is 17.5. The van der Waals surface area contributed by atoms with Crippen LogP contribution in [-0.4, -0.2) is 23.3 Å². The van der Waals surface area contributed by atoms with Crippen LogP contribution in [0.2, 0.25) is 0 Å². The Labute approximate surface area is 142 Å². The largest absolute Gasteiger partial charge is 0.350 e. The van der Waals surface area contributed by atoms with E-state index in [2.05, 4.69) is 15.6 Å². The molecule has 2 N–H and O–H groups in total. The average Bonchev–Trinajstić information content (AvgIpc) is 2.58. The van der Waals surface area contributed by atoms with Crippen LogP contribution in [0, 0.1) is 12.8 Å². The Morgan fingerprint density at radius 1 is 0.958 bits per heavy atom. The number of aryl methyl sites for hydroxylation is 1. The molecule has 1 aromatic carbocycles. The molecule has 0 atom stereocenters. The van der Waals surface area contributed by atoms with E-state index in [1.807, 2.05) is 45.0 Å². The van der Waals surface area contributed by atoms with E-state index >= 15 is 0 Å². The van der Waals surface area contributed by atoms with Gasteiger partial charge in [0, 0.05) is 13.1 Å². The first kappa shape index (κ1) is 17.7. The maximum Gasteiger partial charge on any atom is 0.270 e. The maximum absolute atomic E-state index is 12.3. The Morgan fingerprint density at radius 3 is 2.21 bits per heavy atom. The number of pyridine rings is 1. The lowest BCUT2D eigenvalue weighted by molar-refractivity contribution is 0.0940. The normalized spacial score (nSPS) is 10.5. The molecular formula is C19H23N3O2. The summed E-state index contributed by atoms with van der Waals surface area (Å²) < 4.78 is 0. The second-order valence-electron chi connectivity index (χ2n) is 6.12. The van der Waals surface area contributed by atoms with E-state index < -0.39 is 0 Å². The molecule has 126 valence electrons. The Bertz CT molecular complexity index is 726. The van der Waals surface area contributed by atoms with Crippen LogP contribution in [0.5, 0.6) is 0 Å². The second-order valence-corrected chi connectivity index (χ2v) is 6.12. The molecule has 0 saturated carbocycles. The van der Waals surface area contributed by atoms with E-state index in [0.717, 1.165) is 11.1 Å². The van der Waals surface area contributed by atoms with Gasteiger partial charge < -0.3 is 10.6 Å². The molecule has 0 bridgehead atoms. The molecule has 1 aromatic heterocycles. The van der Waals surface area contributed by atoms with Crippen molar-refractivity contribution in [2.45, 2.75) is 27.3 Å². The highest BCUT2D eigenvalue weighted by atomic mass is 16.2. The number of aromatic nitrogens is 1. The van der Waals surface area contributed by atoms with Crippen molar-refractivity contribution in [1.82, 2.24) is 15.6 Å². The first-order chi connectivity index (χ1) is 11.5. The van der Waals surface area contributed by atoms with Gasteiger partial charge >= 0.3 is 0 Å². The Morgan fingerprint density at radius 2 is 1.58 bits per heavy atom. The summed E-state index contributed by atoms with van der Waals surface area (Å²) in [6.45, 7) is 7.03. The molecule has 24 heavy (non-hydrogen) atoms. The van der Waals surface area contributed by atoms with Crippen LogP contribution in [0.15, 0.2) is 42.5 Å². The van der Waals surface area contributed by atoms with Gasteiger partial charge in [0.25, 0.3) is 11.8 Å². The van der Waals surface area contributed by atoms with Crippen molar-refractivity contribution in [3.8, 4) is 0 Å². The lowest BCUT2D eigenvalue weighted by Crippen LogP contribution is -2.29. The number of benzene rings is 1. The van der Waals surface area contributed by atoms with Crippen LogP contribution in [0.25, 0.3) is 0 Å². The number of carbonyl (C=O) groups is 2. The van der Waals surface area contributed by atoms with Crippen molar-refractivity contribution in [3.05, 3.63) is 65.0 Å². The van der Waals surface area contributed by atoms with Crippen molar-refractivity contribution in [3.63, 3.8) is 0 Å². The van der Waals surface area contributed by atoms with E-state index in [0.29, 0.717) is 19.0 Å². The third-order valence-corrected chi connectivity index (χ3v) is 3.59. The van der Waals surface area contributed by atoms with Gasteiger partial charge in [-0.2, -0.15) is 0 Å². The van der Waals surface area contributed by atoms with E-state index in [1.54, 1.807) is 18.2 Å². The topological polar surface area (TPSA) is 71.1 Å². The van der Waals surface area contributed by atoms with Crippen molar-refractivity contribution >= 4 is 11.8 Å². The summed E-state index contributed by atoms with van der Waals surface area (Å²) >= 11 is 0. The number of carbonyl (C=O) groups excluding carboxylic acids is 2. The molecule has 0 unspecified atom stereocenters. The van der Waals surface area contributed by atoms with Gasteiger partial charge in [0.1, 0.15) is 11.4 Å². The molecule has 2 amide bonds. The van der Waals surface area contributed by atoms with Gasteiger partial charge in [-0.1, -0.05) is 44.2 Å². The van der Waals surface area contributed by atoms with Crippen LogP contribution < -0.4 is 10.6 Å². The minimum atomic E-state index is -0.295. The maximum atomic E-state index is 12.3. The quantitative estimate of drug-likeness (QED) is 0.858. The van der Waals surface area contributed by atoms with Gasteiger partial charge in [-0.25, -0.2) is 4.98 Å². The molecule has 5 heteroatoms. The Hall–Kier alpha value is -2.69. The summed E-state index contributed by atoms with van der Waals surface area (Å²) in [7, 11) is 0. The summed E-state index contributed by atoms with van der Waals surface area (Å²) in [4.78, 5) is 28.5. The number of nitrogens with zero attached hydrogens (tertiary/aromatic N) is 1. The predicted octanol–water partition coefficient (Wildman–Crippen LogP) is 2.71. The third-order valence-electron chi connectivity index (χ3n) is 3.59. The highest BCUT2D eigenvalue weighted by Crippen LogP contribution is 2.07. The van der Waals surface area contributed by atoms with Crippen LogP contribution in [-0.2, 0) is 6.54 Å². The van der Waals surface area contributed by atoms with Gasteiger partial charge in [0.05, 0.1) is 0 Å². The fourth-order valence-corrected chi connectivity index (χ4v) is 2.15. The summed E-state index contributed by atoms with van der Waals surface area (Å²) in [6, 6.07) is 12.7. The molecular weight excluding hydrogens is 302 g/mol. The van der Waals surface area contributed by atoms with Crippen LogP contribution in [0.1, 0.15) is 46.0 Å². The number of hydrogen-bond donors (Lipinski definition) is 2. The molecule has 2 aromatic rings. The van der Waals surface area contributed by atoms with Crippen molar-refractivity contribution in [2.24, 2.45) is 5.92 Å². The third kappa shape index (κ3) is 4.91. The molecule has 2 rings (SSSR count). The molecule has 0 aliphatic heterocycles. The molecule has 0 fully saturated rings. The second kappa shape index (κ2) is 8.24. The number of hydrogen-bond acceptors (Lipinski definition) is 3. The highest BCUT2D eigenvalue weighted by molar-refractivity contribution is 5.96. The fraction of sp³-hybridized carbons (Fsp3) is 0.316. The first-order valence-electron chi connectivity index (χ1n) is 8.05. The van der Waals surface area contributed by atoms with E-state index in [4.69, 9.17) is 0 Å². The molecule has 5 nitrogen and oxygen atoms in total. The molecule has 0 saturated heterocycles. The van der Waals surface area contributed by atoms with E-state index in [1.165, 1.54) is 0 Å². The van der Waals surface area contributed by atoms with Crippen molar-refractivity contribution in [2.75, 3.05) is 6.54 Å². The monoisotopic (exact) mass is 325 g/mol. The van der Waals surface area contributed by atoms with Gasteiger partial charge in [-0.05, 0) is 36.1 Å². The van der Waals surface area contributed by atoms with Crippen molar-refractivity contribution < 1.29 is 9.59 Å². The van der Waals surface area contributed by atoms with E-state index in [9.17, 15) is 9.59 Å². The lowest BCUT2D eigenvalue weighted by Gasteiger charge is -2.09. The van der Waals surface area contributed by atoms with Crippen LogP contribution in [0.3, 0.4) is 0 Å². The smallest absolute Gasteiger partial charge is 0.270 e. The number of nitrogens with one attached hydrogen (secondary N) is 2. The summed E-state index contributed by atoms with van der Waals surface area (Å²) in [5, 5.41) is 5.64. The number of amides is 2. The van der Waals surface area contributed by atoms with Gasteiger partial charge in [0.2, 0.25) is 0 Å². The SMILES string of the molecule is Cc1ccccc1CNC(=O)c1cccc(C(=O)NCC(C)C)n1. The summed E-state index contributed by atoms with van der Waals surface area (Å²) in [6.07, 6.45) is 0. The molecule has 0 aliphatic rings. The minimum Gasteiger partial charge on any atom is -0.350 e. The Kier molecular flexibility index (Phi) is 6.07. The van der Waals surface area contributed by atoms with Crippen LogP contribution >= 0.6 is 0 Å². The standard InChI is InChI=1S/C19H23N3O2/c1-13(2)11-20-18(23)16-9-6-10-17(22-16)19(24)21-12-15-8-5-4-7-14(15)3/h4-10,13H,11-12H2,1-3H3,(H,20,23)(H,21,24). The Balaban J connectivity index is 2.01. The van der Waals surface area contributed by atoms with Gasteiger partial charge in [0.15, 0.2) is 0 Å². The highest BCUT2D eigenvalue weighted by Gasteiger charge is 2.12. The molecule has 0 spiro atoms. The average molecular weight is 325 g/mol. The van der Waals surface area contributed by atoms with Gasteiger partial charge in [-0.15, -0.1) is 0 Å². The van der Waals surface area contributed by atoms with Crippen molar-refractivity contribution in [1.29, 1.82) is 0 Å². The first-order valence-corrected chi connectivity index (χ1v) is 8.05. The predicted molar refractivity (Wildman–Crippen MR) is 93.8 cm³/mol. The lowest BCUT2D eigenvalue weighted by atomic mass is 10.1. The number of rotatable bonds is 6. The minimum absolute atomic E-state index is 0.237. The van der Waals surface area contributed by atoms with Crippen LogP contribution in [0.4, 0.5) is 0 Å². The summed E-state index contributed by atoms with van der Waals surface area (Å²) in [5.41, 5.74) is 2.66. The fourth-order valence-electron chi connectivity index (χ4n) is 2.15. The molecule has 0 aliphatic carbocycles. The zero-order valence-corrected chi connectivity index (χ0v) is 14.3. The van der Waals surface area contributed by atoms with Gasteiger partial charge in [-0.3, -0.25) is 9.59 Å². The molecule has 0 radical (unpaired) electrons. The molecule has 1 heterocycles.